The van der Waals surface area contributed by atoms with Gasteiger partial charge in [0.15, 0.2) is 6.10 Å². The van der Waals surface area contributed by atoms with Gasteiger partial charge in [0.2, 0.25) is 0 Å². The largest absolute Gasteiger partial charge is 0.482 e. The third kappa shape index (κ3) is 1.97. The maximum absolute atomic E-state index is 5.89. The highest BCUT2D eigenvalue weighted by atomic mass is 79.9. The quantitative estimate of drug-likeness (QED) is 0.809. The highest BCUT2D eigenvalue weighted by molar-refractivity contribution is 9.10. The Morgan fingerprint density at radius 2 is 2.22 bits per heavy atom. The topological polar surface area (TPSA) is 37.9 Å². The van der Waals surface area contributed by atoms with E-state index in [1.165, 1.54) is 5.56 Å². The number of halogens is 1. The first-order valence-electron chi connectivity index (χ1n) is 5.66. The van der Waals surface area contributed by atoms with E-state index in [1.807, 2.05) is 25.1 Å². The molecule has 0 saturated heterocycles. The van der Waals surface area contributed by atoms with Crippen LogP contribution in [0, 0.1) is 11.6 Å². The summed E-state index contributed by atoms with van der Waals surface area (Å²) in [5, 5.41) is 0. The van der Waals surface area contributed by atoms with Crippen LogP contribution in [0.3, 0.4) is 0 Å². The number of para-hydroxylation sites is 1. The van der Waals surface area contributed by atoms with Crippen molar-refractivity contribution in [1.29, 1.82) is 0 Å². The van der Waals surface area contributed by atoms with E-state index in [9.17, 15) is 0 Å². The van der Waals surface area contributed by atoms with E-state index in [1.54, 1.807) is 0 Å². The van der Waals surface area contributed by atoms with Crippen molar-refractivity contribution < 1.29 is 4.74 Å². The van der Waals surface area contributed by atoms with E-state index in [0.29, 0.717) is 4.64 Å². The van der Waals surface area contributed by atoms with Gasteiger partial charge in [-0.3, -0.25) is 0 Å². The molecule has 1 unspecified atom stereocenters. The Morgan fingerprint density at radius 1 is 1.44 bits per heavy atom. The lowest BCUT2D eigenvalue weighted by atomic mass is 10.1. The number of rotatable bonds is 1. The number of hydrogen-bond acceptors (Lipinski definition) is 3. The number of aromatic amines is 1. The molecular formula is C13H11BrN2OS. The van der Waals surface area contributed by atoms with Gasteiger partial charge in [0.05, 0.1) is 4.47 Å². The van der Waals surface area contributed by atoms with Crippen molar-refractivity contribution in [1.82, 2.24) is 9.97 Å². The minimum Gasteiger partial charge on any atom is -0.482 e. The molecule has 0 spiro atoms. The zero-order valence-corrected chi connectivity index (χ0v) is 12.1. The number of nitrogens with zero attached hydrogens (tertiary/aromatic N) is 1. The van der Waals surface area contributed by atoms with E-state index >= 15 is 0 Å². The molecule has 0 fully saturated rings. The highest BCUT2D eigenvalue weighted by Crippen LogP contribution is 2.35. The minimum atomic E-state index is -0.0732. The van der Waals surface area contributed by atoms with Gasteiger partial charge < -0.3 is 9.72 Å². The second kappa shape index (κ2) is 4.48. The fourth-order valence-electron chi connectivity index (χ4n) is 2.08. The second-order valence-corrected chi connectivity index (χ2v) is 5.46. The SMILES string of the molecule is Cc1[nH]c(C2Cc3ccccc3O2)nc(=S)c1Br. The summed E-state index contributed by atoms with van der Waals surface area (Å²) in [5.74, 6) is 1.72. The summed E-state index contributed by atoms with van der Waals surface area (Å²) in [5.41, 5.74) is 2.19. The molecule has 0 aliphatic carbocycles. The van der Waals surface area contributed by atoms with Gasteiger partial charge in [-0.1, -0.05) is 30.4 Å². The Bertz CT molecular complexity index is 643. The van der Waals surface area contributed by atoms with E-state index < -0.39 is 0 Å². The number of aryl methyl sites for hydroxylation is 1. The van der Waals surface area contributed by atoms with E-state index in [-0.39, 0.29) is 6.10 Å². The molecule has 2 aromatic rings. The standard InChI is InChI=1S/C13H11BrN2OS/c1-7-11(14)13(18)16-12(15-7)10-6-8-4-2-3-5-9(8)17-10/h2-5,10H,6H2,1H3,(H,15,16,18). The summed E-state index contributed by atoms with van der Waals surface area (Å²) < 4.78 is 7.30. The van der Waals surface area contributed by atoms with Crippen LogP contribution in [0.1, 0.15) is 23.2 Å². The van der Waals surface area contributed by atoms with Crippen LogP contribution >= 0.6 is 28.1 Å². The highest BCUT2D eigenvalue weighted by Gasteiger charge is 2.26. The summed E-state index contributed by atoms with van der Waals surface area (Å²) in [6.45, 7) is 1.97. The Labute approximate surface area is 118 Å². The van der Waals surface area contributed by atoms with Crippen LogP contribution in [-0.2, 0) is 6.42 Å². The zero-order valence-electron chi connectivity index (χ0n) is 9.74. The maximum atomic E-state index is 5.89. The first-order valence-corrected chi connectivity index (χ1v) is 6.86. The number of fused-ring (bicyclic) bond motifs is 1. The van der Waals surface area contributed by atoms with Crippen molar-refractivity contribution in [3.63, 3.8) is 0 Å². The molecule has 3 rings (SSSR count). The van der Waals surface area contributed by atoms with Gasteiger partial charge in [0.25, 0.3) is 0 Å². The average Bonchev–Trinajstić information content (AvgIpc) is 2.79. The monoisotopic (exact) mass is 322 g/mol. The first-order chi connectivity index (χ1) is 8.65. The fourth-order valence-corrected chi connectivity index (χ4v) is 2.52. The van der Waals surface area contributed by atoms with E-state index in [4.69, 9.17) is 17.0 Å². The fraction of sp³-hybridized carbons (Fsp3) is 0.231. The Balaban J connectivity index is 1.98. The predicted octanol–water partition coefficient (Wildman–Crippen LogP) is 3.89. The van der Waals surface area contributed by atoms with Gasteiger partial charge in [-0.05, 0) is 34.5 Å². The molecule has 0 amide bonds. The lowest BCUT2D eigenvalue weighted by molar-refractivity contribution is 0.227. The molecule has 3 nitrogen and oxygen atoms in total. The Morgan fingerprint density at radius 3 is 2.94 bits per heavy atom. The Kier molecular flexibility index (Phi) is 2.95. The van der Waals surface area contributed by atoms with Crippen LogP contribution < -0.4 is 4.74 Å². The normalized spacial score (nSPS) is 17.3. The molecule has 0 radical (unpaired) electrons. The van der Waals surface area contributed by atoms with Crippen LogP contribution in [0.4, 0.5) is 0 Å². The lowest BCUT2D eigenvalue weighted by Gasteiger charge is -2.11. The first kappa shape index (κ1) is 11.9. The molecule has 1 aliphatic rings. The average molecular weight is 323 g/mol. The molecule has 1 aromatic heterocycles. The van der Waals surface area contributed by atoms with Crippen LogP contribution in [0.2, 0.25) is 0 Å². The number of nitrogens with one attached hydrogen (secondary N) is 1. The lowest BCUT2D eigenvalue weighted by Crippen LogP contribution is -2.10. The molecule has 2 heterocycles. The van der Waals surface area contributed by atoms with Crippen molar-refractivity contribution in [2.24, 2.45) is 0 Å². The van der Waals surface area contributed by atoms with Crippen LogP contribution in [0.25, 0.3) is 0 Å². The van der Waals surface area contributed by atoms with Crippen LogP contribution in [-0.4, -0.2) is 9.97 Å². The third-order valence-electron chi connectivity index (χ3n) is 3.01. The number of hydrogen-bond donors (Lipinski definition) is 1. The molecular weight excluding hydrogens is 312 g/mol. The molecule has 92 valence electrons. The van der Waals surface area contributed by atoms with Crippen molar-refractivity contribution in [3.05, 3.63) is 50.5 Å². The maximum Gasteiger partial charge on any atom is 0.160 e. The zero-order chi connectivity index (χ0) is 12.7. The number of H-pyrrole nitrogens is 1. The number of aromatic nitrogens is 2. The van der Waals surface area contributed by atoms with Crippen molar-refractivity contribution in [3.8, 4) is 5.75 Å². The smallest absolute Gasteiger partial charge is 0.160 e. The Hall–Kier alpha value is -1.20. The summed E-state index contributed by atoms with van der Waals surface area (Å²) in [6, 6.07) is 8.06. The van der Waals surface area contributed by atoms with Crippen molar-refractivity contribution in [2.75, 3.05) is 0 Å². The number of benzene rings is 1. The minimum absolute atomic E-state index is 0.0732. The second-order valence-electron chi connectivity index (χ2n) is 4.28. The molecule has 0 saturated carbocycles. The van der Waals surface area contributed by atoms with Crippen molar-refractivity contribution in [2.45, 2.75) is 19.4 Å². The van der Waals surface area contributed by atoms with Gasteiger partial charge in [-0.15, -0.1) is 0 Å². The summed E-state index contributed by atoms with van der Waals surface area (Å²) in [6.07, 6.45) is 0.756. The summed E-state index contributed by atoms with van der Waals surface area (Å²) in [4.78, 5) is 7.63. The van der Waals surface area contributed by atoms with Crippen LogP contribution in [0.5, 0.6) is 5.75 Å². The molecule has 1 aliphatic heterocycles. The van der Waals surface area contributed by atoms with Crippen molar-refractivity contribution >= 4 is 28.1 Å². The molecule has 0 bridgehead atoms. The molecule has 5 heteroatoms. The van der Waals surface area contributed by atoms with Crippen LogP contribution in [0.15, 0.2) is 28.7 Å². The van der Waals surface area contributed by atoms with Gasteiger partial charge in [-0.25, -0.2) is 4.98 Å². The number of ether oxygens (including phenoxy) is 1. The molecule has 1 atom stereocenters. The summed E-state index contributed by atoms with van der Waals surface area (Å²) >= 11 is 8.63. The predicted molar refractivity (Wildman–Crippen MR) is 75.4 cm³/mol. The van der Waals surface area contributed by atoms with E-state index in [2.05, 4.69) is 32.0 Å². The molecule has 1 N–H and O–H groups in total. The summed E-state index contributed by atoms with van der Waals surface area (Å²) in [7, 11) is 0. The van der Waals surface area contributed by atoms with Gasteiger partial charge >= 0.3 is 0 Å². The van der Waals surface area contributed by atoms with Gasteiger partial charge in [0, 0.05) is 12.1 Å². The molecule has 1 aromatic carbocycles. The van der Waals surface area contributed by atoms with Gasteiger partial charge in [-0.2, -0.15) is 0 Å². The van der Waals surface area contributed by atoms with Gasteiger partial charge in [0.1, 0.15) is 16.2 Å². The molecule has 18 heavy (non-hydrogen) atoms. The van der Waals surface area contributed by atoms with E-state index in [0.717, 1.165) is 28.2 Å². The third-order valence-corrected chi connectivity index (χ3v) is 4.53.